The van der Waals surface area contributed by atoms with Crippen molar-refractivity contribution < 1.29 is 17.6 Å². The average Bonchev–Trinajstić information content (AvgIpc) is 2.41. The summed E-state index contributed by atoms with van der Waals surface area (Å²) >= 11 is 0. The molecule has 0 saturated heterocycles. The number of anilines is 1. The van der Waals surface area contributed by atoms with Crippen molar-refractivity contribution in [1.29, 1.82) is 0 Å². The number of aromatic nitrogens is 1. The van der Waals surface area contributed by atoms with Crippen molar-refractivity contribution in [2.24, 2.45) is 0 Å². The van der Waals surface area contributed by atoms with Crippen molar-refractivity contribution in [2.75, 3.05) is 11.9 Å². The summed E-state index contributed by atoms with van der Waals surface area (Å²) in [5.41, 5.74) is -1.58. The number of hydrogen-bond acceptors (Lipinski definition) is 4. The van der Waals surface area contributed by atoms with Gasteiger partial charge in [0.25, 0.3) is 0 Å². The van der Waals surface area contributed by atoms with Gasteiger partial charge in [0.2, 0.25) is 5.71 Å². The van der Waals surface area contributed by atoms with Gasteiger partial charge in [0.15, 0.2) is 0 Å². The molecule has 0 bridgehead atoms. The second-order valence-corrected chi connectivity index (χ2v) is 5.83. The van der Waals surface area contributed by atoms with E-state index in [9.17, 15) is 18.0 Å². The Kier molecular flexibility index (Phi) is 3.19. The molecule has 4 nitrogen and oxygen atoms in total. The number of nitrogens with zero attached hydrogens (tertiary/aromatic N) is 2. The smallest absolute Gasteiger partial charge is 0.404 e. The molecule has 0 aliphatic carbocycles. The van der Waals surface area contributed by atoms with Crippen LogP contribution in [0.1, 0.15) is 37.3 Å². The monoisotopic (exact) mass is 312 g/mol. The summed E-state index contributed by atoms with van der Waals surface area (Å²) in [6.45, 7) is 3.98. The fourth-order valence-corrected chi connectivity index (χ4v) is 2.98. The zero-order valence-electron chi connectivity index (χ0n) is 12.4. The molecule has 1 aliphatic heterocycles. The molecule has 7 heteroatoms. The second kappa shape index (κ2) is 4.72. The third-order valence-electron chi connectivity index (χ3n) is 4.27. The van der Waals surface area contributed by atoms with Gasteiger partial charge in [-0.15, -0.1) is 0 Å². The number of fused-ring (bicyclic) bond motifs is 2. The molecule has 0 amide bonds. The van der Waals surface area contributed by atoms with Crippen LogP contribution in [0.25, 0.3) is 11.1 Å². The maximum Gasteiger partial charge on any atom is 0.417 e. The van der Waals surface area contributed by atoms with Crippen molar-refractivity contribution in [3.05, 3.63) is 33.7 Å². The fraction of sp³-hybridized carbons (Fsp3) is 0.467. The number of halogens is 3. The van der Waals surface area contributed by atoms with Gasteiger partial charge in [-0.1, -0.05) is 6.92 Å². The molecular formula is C15H15F3N2O2. The third kappa shape index (κ3) is 2.24. The van der Waals surface area contributed by atoms with E-state index in [1.54, 1.807) is 0 Å². The summed E-state index contributed by atoms with van der Waals surface area (Å²) in [6.07, 6.45) is -3.80. The molecule has 0 spiro atoms. The van der Waals surface area contributed by atoms with E-state index in [1.807, 2.05) is 25.8 Å². The summed E-state index contributed by atoms with van der Waals surface area (Å²) in [5, 5.41) is -0.166. The lowest BCUT2D eigenvalue weighted by molar-refractivity contribution is -0.136. The van der Waals surface area contributed by atoms with Gasteiger partial charge in [-0.05, 0) is 30.9 Å². The van der Waals surface area contributed by atoms with Crippen LogP contribution >= 0.6 is 0 Å². The van der Waals surface area contributed by atoms with Crippen LogP contribution in [-0.2, 0) is 6.18 Å². The van der Waals surface area contributed by atoms with Crippen molar-refractivity contribution in [1.82, 2.24) is 4.98 Å². The lowest BCUT2D eigenvalue weighted by atomic mass is 9.89. The largest absolute Gasteiger partial charge is 0.417 e. The lowest BCUT2D eigenvalue weighted by Crippen LogP contribution is -2.35. The average molecular weight is 312 g/mol. The summed E-state index contributed by atoms with van der Waals surface area (Å²) in [6, 6.07) is 2.15. The molecule has 0 fully saturated rings. The van der Waals surface area contributed by atoms with Crippen LogP contribution in [0, 0.1) is 0 Å². The summed E-state index contributed by atoms with van der Waals surface area (Å²) < 4.78 is 44.3. The van der Waals surface area contributed by atoms with Gasteiger partial charge in [0.1, 0.15) is 5.82 Å². The van der Waals surface area contributed by atoms with Crippen LogP contribution in [0.15, 0.2) is 21.3 Å². The Morgan fingerprint density at radius 1 is 1.32 bits per heavy atom. The van der Waals surface area contributed by atoms with Gasteiger partial charge in [-0.2, -0.15) is 18.2 Å². The molecule has 2 aromatic rings. The minimum Gasteiger partial charge on any atom is -0.404 e. The van der Waals surface area contributed by atoms with Gasteiger partial charge in [0.05, 0.1) is 10.9 Å². The fourth-order valence-electron chi connectivity index (χ4n) is 2.98. The molecule has 2 aromatic heterocycles. The number of pyridine rings is 1. The molecule has 3 heterocycles. The molecule has 0 N–H and O–H groups in total. The Balaban J connectivity index is 2.36. The highest BCUT2D eigenvalue weighted by atomic mass is 19.4. The van der Waals surface area contributed by atoms with Gasteiger partial charge < -0.3 is 9.32 Å². The first-order valence-electron chi connectivity index (χ1n) is 6.97. The highest BCUT2D eigenvalue weighted by Gasteiger charge is 2.36. The zero-order chi connectivity index (χ0) is 16.2. The van der Waals surface area contributed by atoms with Crippen LogP contribution < -0.4 is 10.5 Å². The van der Waals surface area contributed by atoms with Gasteiger partial charge >= 0.3 is 11.8 Å². The normalized spacial score (nSPS) is 22.0. The van der Waals surface area contributed by atoms with Crippen molar-refractivity contribution in [3.63, 3.8) is 0 Å². The van der Waals surface area contributed by atoms with E-state index >= 15 is 0 Å². The van der Waals surface area contributed by atoms with E-state index in [0.717, 1.165) is 12.0 Å². The summed E-state index contributed by atoms with van der Waals surface area (Å²) in [4.78, 5) is 17.5. The highest BCUT2D eigenvalue weighted by Crippen LogP contribution is 2.40. The van der Waals surface area contributed by atoms with Crippen LogP contribution in [0.2, 0.25) is 0 Å². The van der Waals surface area contributed by atoms with Crippen LogP contribution in [-0.4, -0.2) is 18.1 Å². The minimum absolute atomic E-state index is 0.0890. The quantitative estimate of drug-likeness (QED) is 0.746. The number of hydrogen-bond donors (Lipinski definition) is 0. The van der Waals surface area contributed by atoms with Crippen LogP contribution in [0.5, 0.6) is 0 Å². The van der Waals surface area contributed by atoms with E-state index in [-0.39, 0.29) is 23.1 Å². The third-order valence-corrected chi connectivity index (χ3v) is 4.27. The highest BCUT2D eigenvalue weighted by molar-refractivity contribution is 5.81. The summed E-state index contributed by atoms with van der Waals surface area (Å²) in [7, 11) is 1.83. The van der Waals surface area contributed by atoms with E-state index < -0.39 is 17.4 Å². The minimum atomic E-state index is -4.62. The Morgan fingerprint density at radius 2 is 2.00 bits per heavy atom. The maximum atomic E-state index is 13.1. The zero-order valence-corrected chi connectivity index (χ0v) is 12.4. The van der Waals surface area contributed by atoms with Crippen molar-refractivity contribution in [2.45, 2.75) is 38.4 Å². The Bertz CT molecular complexity index is 798. The molecule has 0 radical (unpaired) electrons. The predicted molar refractivity (Wildman–Crippen MR) is 76.2 cm³/mol. The molecule has 2 unspecified atom stereocenters. The molecule has 118 valence electrons. The van der Waals surface area contributed by atoms with E-state index in [0.29, 0.717) is 11.9 Å². The van der Waals surface area contributed by atoms with Gasteiger partial charge in [-0.3, -0.25) is 0 Å². The lowest BCUT2D eigenvalue weighted by Gasteiger charge is -2.36. The Labute approximate surface area is 124 Å². The second-order valence-electron chi connectivity index (χ2n) is 5.83. The molecule has 0 aromatic carbocycles. The molecule has 22 heavy (non-hydrogen) atoms. The van der Waals surface area contributed by atoms with Gasteiger partial charge in [0, 0.05) is 19.2 Å². The van der Waals surface area contributed by atoms with Crippen LogP contribution in [0.3, 0.4) is 0 Å². The molecule has 2 atom stereocenters. The van der Waals surface area contributed by atoms with Crippen LogP contribution in [0.4, 0.5) is 19.0 Å². The standard InChI is InChI=1S/C15H15F3N2O2/c1-7-4-8(2)20(3)13-9(7)5-10-11(15(16,17)18)6-12(21)22-14(10)19-13/h5-8H,4H2,1-3H3. The van der Waals surface area contributed by atoms with Crippen molar-refractivity contribution >= 4 is 16.9 Å². The Morgan fingerprint density at radius 3 is 2.64 bits per heavy atom. The van der Waals surface area contributed by atoms with E-state index in [4.69, 9.17) is 4.42 Å². The first-order chi connectivity index (χ1) is 10.2. The first-order valence-corrected chi connectivity index (χ1v) is 6.97. The topological polar surface area (TPSA) is 46.3 Å². The van der Waals surface area contributed by atoms with Gasteiger partial charge in [-0.25, -0.2) is 4.79 Å². The number of rotatable bonds is 0. The Hall–Kier alpha value is -2.05. The summed E-state index contributed by atoms with van der Waals surface area (Å²) in [5.74, 6) is 0.660. The molecular weight excluding hydrogens is 297 g/mol. The molecule has 1 aliphatic rings. The first kappa shape index (κ1) is 14.9. The van der Waals surface area contributed by atoms with E-state index in [2.05, 4.69) is 4.98 Å². The SMILES string of the molecule is CC1CC(C)N(C)c2nc3oc(=O)cc(C(F)(F)F)c3cc21. The molecule has 3 rings (SSSR count). The van der Waals surface area contributed by atoms with Crippen molar-refractivity contribution in [3.8, 4) is 0 Å². The molecule has 0 saturated carbocycles. The van der Waals surface area contributed by atoms with E-state index in [1.165, 1.54) is 6.07 Å². The predicted octanol–water partition coefficient (Wildman–Crippen LogP) is 3.54. The number of alkyl halides is 3. The maximum absolute atomic E-state index is 13.1.